The van der Waals surface area contributed by atoms with Crippen molar-refractivity contribution in [3.8, 4) is 0 Å². The van der Waals surface area contributed by atoms with E-state index in [1.165, 1.54) is 0 Å². The Morgan fingerprint density at radius 3 is 3.00 bits per heavy atom. The highest BCUT2D eigenvalue weighted by Gasteiger charge is 2.49. The predicted octanol–water partition coefficient (Wildman–Crippen LogP) is 0.0923. The van der Waals surface area contributed by atoms with Gasteiger partial charge in [-0.1, -0.05) is 0 Å². The standard InChI is InChI=1S/C14H23N7O2/c1-16-13(18-23)12-11-9(7-17-21(11)6-4-3-5-15)10-8-20(12)14(22)19(10)2/h7,10,12,23H,3-6,8,15H2,1-2H3,(H,16,18)/t10-,12-/m0/s1. The number of rotatable bonds is 5. The van der Waals surface area contributed by atoms with Gasteiger partial charge in [-0.05, 0) is 19.4 Å². The van der Waals surface area contributed by atoms with Crippen molar-refractivity contribution in [2.24, 2.45) is 10.7 Å². The number of nitrogens with zero attached hydrogens (tertiary/aromatic N) is 5. The minimum Gasteiger partial charge on any atom is -0.330 e. The number of amides is 2. The quantitative estimate of drug-likeness (QED) is 0.308. The van der Waals surface area contributed by atoms with E-state index in [0.717, 1.165) is 30.6 Å². The number of aryl methyl sites for hydroxylation is 1. The molecule has 0 aromatic carbocycles. The third-order valence-electron chi connectivity index (χ3n) is 4.66. The van der Waals surface area contributed by atoms with E-state index in [9.17, 15) is 10.0 Å². The van der Waals surface area contributed by atoms with Gasteiger partial charge in [-0.15, -0.1) is 0 Å². The number of carbonyl (C=O) groups is 1. The van der Waals surface area contributed by atoms with Crippen LogP contribution in [0.3, 0.4) is 0 Å². The number of amidine groups is 1. The number of hydrogen-bond acceptors (Lipinski definition) is 5. The van der Waals surface area contributed by atoms with Crippen molar-refractivity contribution in [3.63, 3.8) is 0 Å². The first-order valence-corrected chi connectivity index (χ1v) is 7.79. The zero-order chi connectivity index (χ0) is 16.6. The van der Waals surface area contributed by atoms with Gasteiger partial charge in [-0.3, -0.25) is 20.4 Å². The molecule has 9 nitrogen and oxygen atoms in total. The van der Waals surface area contributed by atoms with Gasteiger partial charge in [0.05, 0.1) is 17.9 Å². The monoisotopic (exact) mass is 321 g/mol. The van der Waals surface area contributed by atoms with E-state index < -0.39 is 6.04 Å². The summed E-state index contributed by atoms with van der Waals surface area (Å²) in [6, 6.07) is -0.524. The molecule has 23 heavy (non-hydrogen) atoms. The van der Waals surface area contributed by atoms with Crippen LogP contribution in [0.4, 0.5) is 4.79 Å². The normalized spacial score (nSPS) is 23.5. The summed E-state index contributed by atoms with van der Waals surface area (Å²) in [5, 5.41) is 13.9. The molecule has 1 aromatic heterocycles. The predicted molar refractivity (Wildman–Crippen MR) is 84.1 cm³/mol. The summed E-state index contributed by atoms with van der Waals surface area (Å²) in [4.78, 5) is 20.1. The van der Waals surface area contributed by atoms with Crippen LogP contribution in [-0.4, -0.2) is 63.8 Å². The van der Waals surface area contributed by atoms with Crippen LogP contribution >= 0.6 is 0 Å². The summed E-state index contributed by atoms with van der Waals surface area (Å²) in [5.74, 6) is 0.342. The third kappa shape index (κ3) is 2.36. The third-order valence-corrected chi connectivity index (χ3v) is 4.66. The lowest BCUT2D eigenvalue weighted by atomic mass is 9.97. The summed E-state index contributed by atoms with van der Waals surface area (Å²) in [7, 11) is 3.38. The highest BCUT2D eigenvalue weighted by molar-refractivity contribution is 5.93. The zero-order valence-corrected chi connectivity index (χ0v) is 13.4. The molecule has 0 saturated carbocycles. The van der Waals surface area contributed by atoms with Crippen LogP contribution in [0.5, 0.6) is 0 Å². The summed E-state index contributed by atoms with van der Waals surface area (Å²) >= 11 is 0. The minimum absolute atomic E-state index is 0.00573. The molecule has 1 saturated heterocycles. The number of aliphatic imine (C=N–C) groups is 1. The molecule has 2 aliphatic heterocycles. The molecule has 1 aromatic rings. The fourth-order valence-corrected chi connectivity index (χ4v) is 3.45. The molecule has 2 atom stereocenters. The lowest BCUT2D eigenvalue weighted by molar-refractivity contribution is 0.184. The lowest BCUT2D eigenvalue weighted by Gasteiger charge is -2.32. The SMILES string of the molecule is CN=C(NO)[C@@H]1c2c(cnn2CCCCN)[C@@H]2CN1C(=O)N2C. The number of urea groups is 1. The smallest absolute Gasteiger partial charge is 0.321 e. The number of fused-ring (bicyclic) bond motifs is 4. The van der Waals surface area contributed by atoms with Crippen molar-refractivity contribution in [1.82, 2.24) is 25.1 Å². The fraction of sp³-hybridized carbons (Fsp3) is 0.643. The summed E-state index contributed by atoms with van der Waals surface area (Å²) in [6.07, 6.45) is 3.65. The van der Waals surface area contributed by atoms with Crippen LogP contribution < -0.4 is 11.2 Å². The summed E-state index contributed by atoms with van der Waals surface area (Å²) in [6.45, 7) is 1.94. The second kappa shape index (κ2) is 6.17. The van der Waals surface area contributed by atoms with Crippen LogP contribution in [0.2, 0.25) is 0 Å². The Hall–Kier alpha value is -2.13. The molecule has 2 bridgehead atoms. The molecule has 0 aliphatic carbocycles. The maximum absolute atomic E-state index is 12.5. The highest BCUT2D eigenvalue weighted by atomic mass is 16.5. The molecular formula is C14H23N7O2. The first-order valence-electron chi connectivity index (χ1n) is 7.79. The lowest BCUT2D eigenvalue weighted by Crippen LogP contribution is -2.43. The molecule has 0 radical (unpaired) electrons. The molecule has 2 aliphatic rings. The largest absolute Gasteiger partial charge is 0.330 e. The van der Waals surface area contributed by atoms with Crippen molar-refractivity contribution in [1.29, 1.82) is 0 Å². The van der Waals surface area contributed by atoms with Gasteiger partial charge in [0.15, 0.2) is 0 Å². The minimum atomic E-state index is -0.450. The van der Waals surface area contributed by atoms with Crippen molar-refractivity contribution in [2.75, 3.05) is 27.2 Å². The molecule has 1 fully saturated rings. The first kappa shape index (κ1) is 15.8. The Balaban J connectivity index is 2.04. The maximum atomic E-state index is 12.5. The van der Waals surface area contributed by atoms with Crippen molar-refractivity contribution < 1.29 is 10.0 Å². The van der Waals surface area contributed by atoms with Crippen molar-refractivity contribution in [3.05, 3.63) is 17.5 Å². The summed E-state index contributed by atoms with van der Waals surface area (Å²) < 4.78 is 1.91. The first-order chi connectivity index (χ1) is 11.1. The van der Waals surface area contributed by atoms with Gasteiger partial charge in [0.25, 0.3) is 0 Å². The Morgan fingerprint density at radius 2 is 2.35 bits per heavy atom. The molecule has 4 N–H and O–H groups in total. The van der Waals surface area contributed by atoms with E-state index in [-0.39, 0.29) is 12.1 Å². The molecule has 3 rings (SSSR count). The van der Waals surface area contributed by atoms with Gasteiger partial charge in [0.1, 0.15) is 11.9 Å². The zero-order valence-electron chi connectivity index (χ0n) is 13.4. The van der Waals surface area contributed by atoms with E-state index >= 15 is 0 Å². The van der Waals surface area contributed by atoms with Crippen LogP contribution in [0, 0.1) is 0 Å². The molecule has 126 valence electrons. The van der Waals surface area contributed by atoms with Gasteiger partial charge in [-0.2, -0.15) is 5.10 Å². The van der Waals surface area contributed by atoms with E-state index in [4.69, 9.17) is 5.73 Å². The number of nitrogens with one attached hydrogen (secondary N) is 1. The maximum Gasteiger partial charge on any atom is 0.321 e. The Kier molecular flexibility index (Phi) is 4.22. The number of likely N-dealkylation sites (N-methyl/N-ethyl adjacent to an activating group) is 1. The van der Waals surface area contributed by atoms with Gasteiger partial charge in [0, 0.05) is 32.7 Å². The van der Waals surface area contributed by atoms with Crippen LogP contribution in [0.15, 0.2) is 11.2 Å². The number of aromatic nitrogens is 2. The van der Waals surface area contributed by atoms with Gasteiger partial charge in [-0.25, -0.2) is 4.79 Å². The Bertz CT molecular complexity index is 627. The molecule has 2 amide bonds. The van der Waals surface area contributed by atoms with Crippen LogP contribution in [0.1, 0.15) is 36.2 Å². The van der Waals surface area contributed by atoms with E-state index in [0.29, 0.717) is 18.9 Å². The van der Waals surface area contributed by atoms with Crippen LogP contribution in [0.25, 0.3) is 0 Å². The molecule has 9 heteroatoms. The molecule has 0 unspecified atom stereocenters. The summed E-state index contributed by atoms with van der Waals surface area (Å²) in [5.41, 5.74) is 9.64. The number of unbranched alkanes of at least 4 members (excludes halogenated alkanes) is 1. The fourth-order valence-electron chi connectivity index (χ4n) is 3.45. The molecular weight excluding hydrogens is 298 g/mol. The average Bonchev–Trinajstić information content (AvgIpc) is 3.08. The number of carbonyl (C=O) groups excluding carboxylic acids is 1. The van der Waals surface area contributed by atoms with Crippen molar-refractivity contribution >= 4 is 11.9 Å². The molecule has 3 heterocycles. The van der Waals surface area contributed by atoms with Gasteiger partial charge in [0.2, 0.25) is 0 Å². The topological polar surface area (TPSA) is 112 Å². The Labute approximate surface area is 134 Å². The van der Waals surface area contributed by atoms with Gasteiger partial charge < -0.3 is 15.5 Å². The number of hydroxylamine groups is 1. The second-order valence-electron chi connectivity index (χ2n) is 5.89. The number of hydrogen-bond donors (Lipinski definition) is 3. The molecule has 0 spiro atoms. The number of nitrogens with two attached hydrogens (primary N) is 1. The van der Waals surface area contributed by atoms with Crippen molar-refractivity contribution in [2.45, 2.75) is 31.5 Å². The highest BCUT2D eigenvalue weighted by Crippen LogP contribution is 2.43. The second-order valence-corrected chi connectivity index (χ2v) is 5.89. The van der Waals surface area contributed by atoms with Gasteiger partial charge >= 0.3 is 6.03 Å². The Morgan fingerprint density at radius 1 is 1.57 bits per heavy atom. The van der Waals surface area contributed by atoms with E-state index in [1.54, 1.807) is 23.9 Å². The van der Waals surface area contributed by atoms with Crippen LogP contribution in [-0.2, 0) is 6.54 Å². The van der Waals surface area contributed by atoms with E-state index in [1.807, 2.05) is 10.9 Å². The average molecular weight is 321 g/mol. The van der Waals surface area contributed by atoms with E-state index in [2.05, 4.69) is 15.6 Å².